The van der Waals surface area contributed by atoms with Gasteiger partial charge in [0, 0.05) is 12.1 Å². The highest BCUT2D eigenvalue weighted by Gasteiger charge is 2.07. The standard InChI is InChI=1S/C15H26N2O/c1-5-13(8-16)9-17-10-14-6-11(2)12(3)7-15(14)18-4/h6-7,13,17H,5,8-10,16H2,1-4H3. The van der Waals surface area contributed by atoms with Crippen LogP contribution in [0.4, 0.5) is 0 Å². The summed E-state index contributed by atoms with van der Waals surface area (Å²) in [4.78, 5) is 0. The molecule has 1 aromatic rings. The molecule has 1 atom stereocenters. The maximum absolute atomic E-state index is 5.70. The molecule has 1 unspecified atom stereocenters. The predicted molar refractivity (Wildman–Crippen MR) is 77.0 cm³/mol. The molecule has 0 bridgehead atoms. The van der Waals surface area contributed by atoms with Crippen LogP contribution in [0.2, 0.25) is 0 Å². The first-order valence-corrected chi connectivity index (χ1v) is 6.67. The Morgan fingerprint density at radius 3 is 2.50 bits per heavy atom. The molecule has 0 saturated carbocycles. The van der Waals surface area contributed by atoms with Crippen molar-refractivity contribution in [3.8, 4) is 5.75 Å². The first-order chi connectivity index (χ1) is 8.62. The molecule has 0 spiro atoms. The summed E-state index contributed by atoms with van der Waals surface area (Å²) in [6, 6.07) is 4.30. The fraction of sp³-hybridized carbons (Fsp3) is 0.600. The molecule has 3 heteroatoms. The van der Waals surface area contributed by atoms with Crippen LogP contribution in [0.15, 0.2) is 12.1 Å². The lowest BCUT2D eigenvalue weighted by Crippen LogP contribution is -2.27. The molecule has 0 fully saturated rings. The highest BCUT2D eigenvalue weighted by molar-refractivity contribution is 5.41. The van der Waals surface area contributed by atoms with Crippen LogP contribution in [0.1, 0.15) is 30.0 Å². The van der Waals surface area contributed by atoms with E-state index in [2.05, 4.69) is 38.2 Å². The van der Waals surface area contributed by atoms with Crippen LogP contribution in [0.25, 0.3) is 0 Å². The largest absolute Gasteiger partial charge is 0.496 e. The van der Waals surface area contributed by atoms with E-state index in [9.17, 15) is 0 Å². The fourth-order valence-corrected chi connectivity index (χ4v) is 1.98. The van der Waals surface area contributed by atoms with Crippen LogP contribution >= 0.6 is 0 Å². The molecule has 0 amide bonds. The van der Waals surface area contributed by atoms with Gasteiger partial charge in [0.05, 0.1) is 7.11 Å². The zero-order valence-electron chi connectivity index (χ0n) is 12.0. The van der Waals surface area contributed by atoms with E-state index >= 15 is 0 Å². The second kappa shape index (κ2) is 7.39. The van der Waals surface area contributed by atoms with Crippen molar-refractivity contribution in [1.29, 1.82) is 0 Å². The van der Waals surface area contributed by atoms with Gasteiger partial charge in [0.1, 0.15) is 5.75 Å². The van der Waals surface area contributed by atoms with Crippen LogP contribution in [0.3, 0.4) is 0 Å². The zero-order valence-corrected chi connectivity index (χ0v) is 12.0. The number of hydrogen-bond donors (Lipinski definition) is 2. The number of nitrogens with one attached hydrogen (secondary N) is 1. The van der Waals surface area contributed by atoms with Gasteiger partial charge < -0.3 is 15.8 Å². The Hall–Kier alpha value is -1.06. The van der Waals surface area contributed by atoms with Gasteiger partial charge in [0.2, 0.25) is 0 Å². The summed E-state index contributed by atoms with van der Waals surface area (Å²) in [6.45, 7) is 8.96. The molecule has 0 saturated heterocycles. The van der Waals surface area contributed by atoms with Gasteiger partial charge in [-0.3, -0.25) is 0 Å². The molecule has 1 rings (SSSR count). The van der Waals surface area contributed by atoms with Crippen molar-refractivity contribution in [3.63, 3.8) is 0 Å². The SMILES string of the molecule is CCC(CN)CNCc1cc(C)c(C)cc1OC. The molecule has 0 aliphatic heterocycles. The second-order valence-electron chi connectivity index (χ2n) is 4.89. The van der Waals surface area contributed by atoms with Crippen molar-refractivity contribution >= 4 is 0 Å². The van der Waals surface area contributed by atoms with Gasteiger partial charge in [0.15, 0.2) is 0 Å². The first-order valence-electron chi connectivity index (χ1n) is 6.67. The highest BCUT2D eigenvalue weighted by atomic mass is 16.5. The van der Waals surface area contributed by atoms with Gasteiger partial charge >= 0.3 is 0 Å². The first kappa shape index (κ1) is 15.0. The average molecular weight is 250 g/mol. The van der Waals surface area contributed by atoms with Crippen LogP contribution in [-0.4, -0.2) is 20.2 Å². The summed E-state index contributed by atoms with van der Waals surface area (Å²) in [7, 11) is 1.72. The summed E-state index contributed by atoms with van der Waals surface area (Å²) >= 11 is 0. The molecule has 0 aliphatic rings. The number of hydrogen-bond acceptors (Lipinski definition) is 3. The van der Waals surface area contributed by atoms with Crippen molar-refractivity contribution < 1.29 is 4.74 Å². The van der Waals surface area contributed by atoms with E-state index in [0.717, 1.165) is 31.8 Å². The Balaban J connectivity index is 2.63. The van der Waals surface area contributed by atoms with Gasteiger partial charge in [-0.1, -0.05) is 19.4 Å². The van der Waals surface area contributed by atoms with Crippen LogP contribution in [-0.2, 0) is 6.54 Å². The molecule has 3 N–H and O–H groups in total. The maximum atomic E-state index is 5.70. The Morgan fingerprint density at radius 1 is 1.28 bits per heavy atom. The molecular weight excluding hydrogens is 224 g/mol. The van der Waals surface area contributed by atoms with Gasteiger partial charge in [-0.2, -0.15) is 0 Å². The van der Waals surface area contributed by atoms with Crippen molar-refractivity contribution in [2.24, 2.45) is 11.7 Å². The fourth-order valence-electron chi connectivity index (χ4n) is 1.98. The zero-order chi connectivity index (χ0) is 13.5. The van der Waals surface area contributed by atoms with Crippen molar-refractivity contribution in [1.82, 2.24) is 5.32 Å². The molecule has 1 aromatic carbocycles. The Morgan fingerprint density at radius 2 is 1.94 bits per heavy atom. The Labute approximate surface area is 111 Å². The highest BCUT2D eigenvalue weighted by Crippen LogP contribution is 2.22. The van der Waals surface area contributed by atoms with Gasteiger partial charge in [-0.15, -0.1) is 0 Å². The number of nitrogens with two attached hydrogens (primary N) is 1. The van der Waals surface area contributed by atoms with E-state index in [1.165, 1.54) is 16.7 Å². The molecule has 3 nitrogen and oxygen atoms in total. The lowest BCUT2D eigenvalue weighted by molar-refractivity contribution is 0.404. The molecule has 0 heterocycles. The van der Waals surface area contributed by atoms with Crippen LogP contribution in [0, 0.1) is 19.8 Å². The maximum Gasteiger partial charge on any atom is 0.123 e. The monoisotopic (exact) mass is 250 g/mol. The number of methoxy groups -OCH3 is 1. The normalized spacial score (nSPS) is 12.5. The molecule has 18 heavy (non-hydrogen) atoms. The van der Waals surface area contributed by atoms with E-state index in [1.807, 2.05) is 0 Å². The van der Waals surface area contributed by atoms with E-state index in [-0.39, 0.29) is 0 Å². The Kier molecular flexibility index (Phi) is 6.16. The summed E-state index contributed by atoms with van der Waals surface area (Å²) in [5.74, 6) is 1.52. The minimum atomic E-state index is 0.558. The third-order valence-corrected chi connectivity index (χ3v) is 3.56. The van der Waals surface area contributed by atoms with Crippen molar-refractivity contribution in [2.45, 2.75) is 33.7 Å². The lowest BCUT2D eigenvalue weighted by atomic mass is 10.0. The number of aryl methyl sites for hydroxylation is 2. The van der Waals surface area contributed by atoms with Gasteiger partial charge in [-0.25, -0.2) is 0 Å². The average Bonchev–Trinajstić information content (AvgIpc) is 2.38. The van der Waals surface area contributed by atoms with Gasteiger partial charge in [-0.05, 0) is 50.0 Å². The van der Waals surface area contributed by atoms with Crippen molar-refractivity contribution in [3.05, 3.63) is 28.8 Å². The number of benzene rings is 1. The second-order valence-corrected chi connectivity index (χ2v) is 4.89. The summed E-state index contributed by atoms with van der Waals surface area (Å²) in [5.41, 5.74) is 9.49. The minimum absolute atomic E-state index is 0.558. The smallest absolute Gasteiger partial charge is 0.123 e. The van der Waals surface area contributed by atoms with E-state index in [4.69, 9.17) is 10.5 Å². The van der Waals surface area contributed by atoms with E-state index in [0.29, 0.717) is 5.92 Å². The van der Waals surface area contributed by atoms with Crippen LogP contribution in [0.5, 0.6) is 5.75 Å². The lowest BCUT2D eigenvalue weighted by Gasteiger charge is -2.15. The van der Waals surface area contributed by atoms with E-state index < -0.39 is 0 Å². The number of rotatable bonds is 7. The van der Waals surface area contributed by atoms with Crippen LogP contribution < -0.4 is 15.8 Å². The summed E-state index contributed by atoms with van der Waals surface area (Å²) in [6.07, 6.45) is 1.12. The third kappa shape index (κ3) is 4.00. The van der Waals surface area contributed by atoms with E-state index in [1.54, 1.807) is 7.11 Å². The summed E-state index contributed by atoms with van der Waals surface area (Å²) < 4.78 is 5.43. The molecular formula is C15H26N2O. The predicted octanol–water partition coefficient (Wildman–Crippen LogP) is 2.39. The number of ether oxygens (including phenoxy) is 1. The molecule has 0 aliphatic carbocycles. The summed E-state index contributed by atoms with van der Waals surface area (Å²) in [5, 5.41) is 3.47. The molecule has 0 radical (unpaired) electrons. The van der Waals surface area contributed by atoms with Crippen molar-refractivity contribution in [2.75, 3.05) is 20.2 Å². The molecule has 0 aromatic heterocycles. The quantitative estimate of drug-likeness (QED) is 0.781. The third-order valence-electron chi connectivity index (χ3n) is 3.56. The molecule has 102 valence electrons. The van der Waals surface area contributed by atoms with Gasteiger partial charge in [0.25, 0.3) is 0 Å². The Bertz CT molecular complexity index is 373. The topological polar surface area (TPSA) is 47.3 Å². The minimum Gasteiger partial charge on any atom is -0.496 e.